The normalized spacial score (nSPS) is 10.8. The minimum Gasteiger partial charge on any atom is -0.494 e. The minimum absolute atomic E-state index is 0.182. The molecule has 31 heavy (non-hydrogen) atoms. The second kappa shape index (κ2) is 17.4. The molecule has 1 rings (SSSR count). The largest absolute Gasteiger partial charge is 0.494 e. The van der Waals surface area contributed by atoms with Gasteiger partial charge in [0.1, 0.15) is 5.75 Å². The number of aryl methyl sites for hydroxylation is 1. The van der Waals surface area contributed by atoms with E-state index in [1.807, 2.05) is 12.1 Å². The summed E-state index contributed by atoms with van der Waals surface area (Å²) in [5, 5.41) is 18.8. The van der Waals surface area contributed by atoms with Crippen LogP contribution in [-0.2, 0) is 16.0 Å². The van der Waals surface area contributed by atoms with E-state index in [4.69, 9.17) is 19.7 Å². The van der Waals surface area contributed by atoms with Gasteiger partial charge in [0.05, 0.1) is 13.0 Å². The van der Waals surface area contributed by atoms with Gasteiger partial charge in [-0.3, -0.25) is 4.79 Å². The van der Waals surface area contributed by atoms with Gasteiger partial charge in [0.15, 0.2) is 0 Å². The molecule has 0 saturated carbocycles. The van der Waals surface area contributed by atoms with Crippen molar-refractivity contribution in [3.63, 3.8) is 0 Å². The number of carbonyl (C=O) groups is 2. The van der Waals surface area contributed by atoms with Crippen molar-refractivity contribution in [3.8, 4) is 5.75 Å². The maximum absolute atomic E-state index is 10.6. The average molecular weight is 450 g/mol. The summed E-state index contributed by atoms with van der Waals surface area (Å²) in [6, 6.07) is 8.30. The number of ether oxygens (including phenoxy) is 1. The topological polar surface area (TPSA) is 95.9 Å². The first kappa shape index (κ1) is 28.7. The Kier molecular flexibility index (Phi) is 16.1. The fraction of sp³-hybridized carbons (Fsp3) is 0.636. The van der Waals surface area contributed by atoms with Gasteiger partial charge >= 0.3 is 18.1 Å². The zero-order valence-electron chi connectivity index (χ0n) is 18.0. The lowest BCUT2D eigenvalue weighted by Crippen LogP contribution is -2.21. The molecule has 3 N–H and O–H groups in total. The van der Waals surface area contributed by atoms with Gasteiger partial charge in [-0.25, -0.2) is 4.79 Å². The molecule has 0 unspecified atom stereocenters. The number of carboxylic acids is 2. The molecule has 0 atom stereocenters. The van der Waals surface area contributed by atoms with Gasteiger partial charge in [0, 0.05) is 6.54 Å². The van der Waals surface area contributed by atoms with E-state index in [2.05, 4.69) is 24.4 Å². The Labute approximate surface area is 181 Å². The molecule has 0 spiro atoms. The summed E-state index contributed by atoms with van der Waals surface area (Å²) in [7, 11) is 0. The third kappa shape index (κ3) is 18.2. The molecule has 0 aliphatic rings. The standard InChI is InChI=1S/C20H33NO3.C2HF3O2/c1-2-3-4-5-6-7-16-24-19-12-8-10-18(17-19)11-9-14-21-15-13-20(22)23;3-2(4,5)1(6)7/h8,10,12,17,21H,2-7,9,11,13-16H2,1H3,(H,22,23);(H,6,7). The first-order chi connectivity index (χ1) is 14.7. The minimum atomic E-state index is -5.08. The molecule has 0 fully saturated rings. The number of alkyl halides is 3. The number of hydrogen-bond donors (Lipinski definition) is 3. The zero-order valence-corrected chi connectivity index (χ0v) is 18.0. The second-order valence-corrected chi connectivity index (χ2v) is 7.06. The van der Waals surface area contributed by atoms with E-state index in [0.29, 0.717) is 6.54 Å². The summed E-state index contributed by atoms with van der Waals surface area (Å²) < 4.78 is 37.6. The van der Waals surface area contributed by atoms with Crippen molar-refractivity contribution >= 4 is 11.9 Å². The summed E-state index contributed by atoms with van der Waals surface area (Å²) in [5.41, 5.74) is 1.27. The molecule has 6 nitrogen and oxygen atoms in total. The summed E-state index contributed by atoms with van der Waals surface area (Å²) in [6.45, 7) is 4.42. The van der Waals surface area contributed by atoms with E-state index in [1.165, 1.54) is 37.7 Å². The lowest BCUT2D eigenvalue weighted by molar-refractivity contribution is -0.192. The molecule has 0 amide bonds. The zero-order chi connectivity index (χ0) is 23.5. The highest BCUT2D eigenvalue weighted by atomic mass is 19.4. The van der Waals surface area contributed by atoms with Crippen molar-refractivity contribution in [3.05, 3.63) is 29.8 Å². The molecule has 0 radical (unpaired) electrons. The van der Waals surface area contributed by atoms with E-state index in [9.17, 15) is 18.0 Å². The van der Waals surface area contributed by atoms with Gasteiger partial charge in [-0.05, 0) is 43.5 Å². The SMILES string of the molecule is CCCCCCCCOc1cccc(CCCNCCC(=O)O)c1.O=C(O)C(F)(F)F. The van der Waals surface area contributed by atoms with Crippen LogP contribution in [0.15, 0.2) is 24.3 Å². The number of unbranched alkanes of at least 4 members (excludes halogenated alkanes) is 5. The van der Waals surface area contributed by atoms with E-state index < -0.39 is 18.1 Å². The number of halogens is 3. The Morgan fingerprint density at radius 2 is 1.65 bits per heavy atom. The Morgan fingerprint density at radius 3 is 2.26 bits per heavy atom. The van der Waals surface area contributed by atoms with Crippen LogP contribution >= 0.6 is 0 Å². The molecule has 1 aromatic rings. The van der Waals surface area contributed by atoms with Crippen molar-refractivity contribution in [1.29, 1.82) is 0 Å². The van der Waals surface area contributed by atoms with Crippen LogP contribution in [0, 0.1) is 0 Å². The number of rotatable bonds is 15. The predicted octanol–water partition coefficient (Wildman–Crippen LogP) is 5.06. The van der Waals surface area contributed by atoms with Crippen LogP contribution in [0.1, 0.15) is 63.9 Å². The molecule has 0 heterocycles. The molecule has 9 heteroatoms. The van der Waals surface area contributed by atoms with Crippen LogP contribution in [0.25, 0.3) is 0 Å². The van der Waals surface area contributed by atoms with E-state index in [-0.39, 0.29) is 6.42 Å². The van der Waals surface area contributed by atoms with Crippen LogP contribution in [0.4, 0.5) is 13.2 Å². The van der Waals surface area contributed by atoms with Crippen molar-refractivity contribution < 1.29 is 37.7 Å². The van der Waals surface area contributed by atoms with Gasteiger partial charge in [-0.15, -0.1) is 0 Å². The van der Waals surface area contributed by atoms with Crippen molar-refractivity contribution in [2.45, 2.75) is 70.9 Å². The third-order valence-corrected chi connectivity index (χ3v) is 4.24. The number of hydrogen-bond acceptors (Lipinski definition) is 4. The van der Waals surface area contributed by atoms with Crippen LogP contribution in [0.3, 0.4) is 0 Å². The molecule has 178 valence electrons. The quantitative estimate of drug-likeness (QED) is 0.324. The number of benzene rings is 1. The van der Waals surface area contributed by atoms with Gasteiger partial charge in [-0.1, -0.05) is 51.2 Å². The summed E-state index contributed by atoms with van der Waals surface area (Å²) >= 11 is 0. The molecule has 0 aromatic heterocycles. The van der Waals surface area contributed by atoms with E-state index in [0.717, 1.165) is 38.2 Å². The smallest absolute Gasteiger partial charge is 0.490 e. The van der Waals surface area contributed by atoms with Gasteiger partial charge < -0.3 is 20.3 Å². The lowest BCUT2D eigenvalue weighted by atomic mass is 10.1. The second-order valence-electron chi connectivity index (χ2n) is 7.06. The highest BCUT2D eigenvalue weighted by Crippen LogP contribution is 2.15. The Bertz CT molecular complexity index is 623. The molecular weight excluding hydrogens is 415 g/mol. The fourth-order valence-electron chi connectivity index (χ4n) is 2.60. The average Bonchev–Trinajstić information content (AvgIpc) is 2.70. The number of aliphatic carboxylic acids is 2. The Morgan fingerprint density at radius 1 is 1.00 bits per heavy atom. The molecule has 0 bridgehead atoms. The fourth-order valence-corrected chi connectivity index (χ4v) is 2.60. The molecule has 0 aliphatic heterocycles. The predicted molar refractivity (Wildman–Crippen MR) is 112 cm³/mol. The van der Waals surface area contributed by atoms with Crippen molar-refractivity contribution in [2.75, 3.05) is 19.7 Å². The van der Waals surface area contributed by atoms with Crippen molar-refractivity contribution in [1.82, 2.24) is 5.32 Å². The molecular formula is C22H34F3NO5. The highest BCUT2D eigenvalue weighted by molar-refractivity contribution is 5.73. The van der Waals surface area contributed by atoms with Gasteiger partial charge in [0.25, 0.3) is 0 Å². The summed E-state index contributed by atoms with van der Waals surface area (Å²) in [5.74, 6) is -2.55. The van der Waals surface area contributed by atoms with Crippen LogP contribution < -0.4 is 10.1 Å². The van der Waals surface area contributed by atoms with E-state index in [1.54, 1.807) is 0 Å². The molecule has 1 aromatic carbocycles. The van der Waals surface area contributed by atoms with Crippen LogP contribution in [0.2, 0.25) is 0 Å². The Hall–Kier alpha value is -2.29. The number of nitrogens with one attached hydrogen (secondary N) is 1. The lowest BCUT2D eigenvalue weighted by Gasteiger charge is -2.08. The Balaban J connectivity index is 0.00000110. The summed E-state index contributed by atoms with van der Waals surface area (Å²) in [6.07, 6.45) is 4.74. The monoisotopic (exact) mass is 449 g/mol. The third-order valence-electron chi connectivity index (χ3n) is 4.24. The van der Waals surface area contributed by atoms with Crippen LogP contribution in [0.5, 0.6) is 5.75 Å². The maximum atomic E-state index is 10.6. The first-order valence-corrected chi connectivity index (χ1v) is 10.6. The molecule has 0 saturated heterocycles. The van der Waals surface area contributed by atoms with Crippen LogP contribution in [-0.4, -0.2) is 48.0 Å². The summed E-state index contributed by atoms with van der Waals surface area (Å²) in [4.78, 5) is 19.3. The van der Waals surface area contributed by atoms with E-state index >= 15 is 0 Å². The van der Waals surface area contributed by atoms with Gasteiger partial charge in [-0.2, -0.15) is 13.2 Å². The number of carboxylic acid groups (broad SMARTS) is 2. The molecule has 0 aliphatic carbocycles. The van der Waals surface area contributed by atoms with Gasteiger partial charge in [0.2, 0.25) is 0 Å². The highest BCUT2D eigenvalue weighted by Gasteiger charge is 2.38. The van der Waals surface area contributed by atoms with Crippen molar-refractivity contribution in [2.24, 2.45) is 0 Å². The maximum Gasteiger partial charge on any atom is 0.490 e. The first-order valence-electron chi connectivity index (χ1n) is 10.6.